The molecule has 2 N–H and O–H groups in total. The second-order valence-corrected chi connectivity index (χ2v) is 6.72. The molecule has 25 heavy (non-hydrogen) atoms. The van der Waals surface area contributed by atoms with Gasteiger partial charge in [0, 0.05) is 4.90 Å². The van der Waals surface area contributed by atoms with Gasteiger partial charge in [0.25, 0.3) is 0 Å². The molecule has 0 aliphatic carbocycles. The number of phenols is 1. The van der Waals surface area contributed by atoms with Gasteiger partial charge in [-0.25, -0.2) is 0 Å². The van der Waals surface area contributed by atoms with E-state index in [-0.39, 0.29) is 17.4 Å². The predicted octanol–water partition coefficient (Wildman–Crippen LogP) is 2.82. The third-order valence-corrected chi connectivity index (χ3v) is 4.96. The first kappa shape index (κ1) is 17.3. The zero-order valence-corrected chi connectivity index (χ0v) is 14.9. The second kappa shape index (κ2) is 8.04. The quantitative estimate of drug-likeness (QED) is 0.642. The number of rotatable bonds is 6. The smallest absolute Gasteiger partial charge is 0.234 e. The molecule has 0 aliphatic rings. The maximum Gasteiger partial charge on any atom is 0.234 e. The van der Waals surface area contributed by atoms with Crippen molar-refractivity contribution in [3.8, 4) is 11.4 Å². The van der Waals surface area contributed by atoms with Crippen molar-refractivity contribution in [2.24, 2.45) is 0 Å². The Bertz CT molecular complexity index is 867. The summed E-state index contributed by atoms with van der Waals surface area (Å²) in [5.41, 5.74) is 1.50. The average molecular weight is 373 g/mol. The van der Waals surface area contributed by atoms with Crippen molar-refractivity contribution in [2.75, 3.05) is 17.3 Å². The Labute approximate surface area is 152 Å². The third kappa shape index (κ3) is 4.31. The van der Waals surface area contributed by atoms with E-state index in [1.807, 2.05) is 30.5 Å². The van der Waals surface area contributed by atoms with Crippen LogP contribution in [0, 0.1) is 0 Å². The van der Waals surface area contributed by atoms with Crippen LogP contribution < -0.4 is 5.32 Å². The van der Waals surface area contributed by atoms with Gasteiger partial charge >= 0.3 is 0 Å². The highest BCUT2D eigenvalue weighted by molar-refractivity contribution is 7.99. The van der Waals surface area contributed by atoms with Crippen molar-refractivity contribution in [1.82, 2.24) is 20.2 Å². The number of hydrogen-bond donors (Lipinski definition) is 2. The number of aromatic nitrogens is 4. The average Bonchev–Trinajstić information content (AvgIpc) is 3.09. The van der Waals surface area contributed by atoms with Crippen LogP contribution in [0.25, 0.3) is 5.69 Å². The van der Waals surface area contributed by atoms with Crippen LogP contribution in [0.15, 0.2) is 58.6 Å². The number of carbonyl (C=O) groups is 1. The highest BCUT2D eigenvalue weighted by Crippen LogP contribution is 2.25. The number of phenolic OH excluding ortho intramolecular Hbond substituents is 1. The monoisotopic (exact) mass is 373 g/mol. The van der Waals surface area contributed by atoms with Crippen LogP contribution >= 0.6 is 23.5 Å². The fourth-order valence-corrected chi connectivity index (χ4v) is 3.33. The number of hydrogen-bond acceptors (Lipinski definition) is 7. The minimum absolute atomic E-state index is 0.133. The number of nitrogens with one attached hydrogen (secondary N) is 1. The lowest BCUT2D eigenvalue weighted by Crippen LogP contribution is -2.15. The first-order valence-corrected chi connectivity index (χ1v) is 9.52. The topological polar surface area (TPSA) is 92.9 Å². The largest absolute Gasteiger partial charge is 0.508 e. The van der Waals surface area contributed by atoms with E-state index < -0.39 is 0 Å². The van der Waals surface area contributed by atoms with Gasteiger partial charge in [-0.2, -0.15) is 4.68 Å². The maximum absolute atomic E-state index is 12.2. The number of tetrazole rings is 1. The highest BCUT2D eigenvalue weighted by Gasteiger charge is 2.12. The van der Waals surface area contributed by atoms with Gasteiger partial charge in [-0.1, -0.05) is 23.9 Å². The third-order valence-electron chi connectivity index (χ3n) is 3.25. The first-order valence-electron chi connectivity index (χ1n) is 7.31. The van der Waals surface area contributed by atoms with E-state index in [4.69, 9.17) is 0 Å². The van der Waals surface area contributed by atoms with Crippen LogP contribution in [0.3, 0.4) is 0 Å². The Hall–Kier alpha value is -2.52. The summed E-state index contributed by atoms with van der Waals surface area (Å²) < 4.78 is 1.52. The Kier molecular flexibility index (Phi) is 5.56. The molecule has 1 amide bonds. The number of thioether (sulfide) groups is 2. The Morgan fingerprint density at radius 2 is 1.96 bits per heavy atom. The van der Waals surface area contributed by atoms with E-state index in [0.717, 1.165) is 10.6 Å². The number of amides is 1. The number of aromatic hydroxyl groups is 1. The molecule has 3 rings (SSSR count). The fourth-order valence-electron chi connectivity index (χ4n) is 2.09. The summed E-state index contributed by atoms with van der Waals surface area (Å²) in [7, 11) is 0. The van der Waals surface area contributed by atoms with Crippen LogP contribution in [-0.2, 0) is 4.79 Å². The normalized spacial score (nSPS) is 10.6. The highest BCUT2D eigenvalue weighted by atomic mass is 32.2. The van der Waals surface area contributed by atoms with Gasteiger partial charge in [0.2, 0.25) is 11.1 Å². The van der Waals surface area contributed by atoms with Crippen molar-refractivity contribution in [2.45, 2.75) is 10.1 Å². The van der Waals surface area contributed by atoms with Crippen molar-refractivity contribution in [1.29, 1.82) is 0 Å². The summed E-state index contributed by atoms with van der Waals surface area (Å²) >= 11 is 2.81. The standard InChI is InChI=1S/C16H15N5O2S2/c1-24-14-5-3-2-4-13(14)17-15(23)10-25-16-18-19-20-21(16)11-6-8-12(22)9-7-11/h2-9,22H,10H2,1H3,(H,17,23). The van der Waals surface area contributed by atoms with Gasteiger partial charge in [-0.3, -0.25) is 4.79 Å². The lowest BCUT2D eigenvalue weighted by Gasteiger charge is -2.09. The van der Waals surface area contributed by atoms with E-state index in [1.54, 1.807) is 36.0 Å². The molecule has 0 bridgehead atoms. The molecule has 2 aromatic carbocycles. The molecule has 0 atom stereocenters. The summed E-state index contributed by atoms with van der Waals surface area (Å²) in [6.07, 6.45) is 1.96. The molecule has 0 saturated carbocycles. The summed E-state index contributed by atoms with van der Waals surface area (Å²) in [4.78, 5) is 13.2. The molecular weight excluding hydrogens is 358 g/mol. The van der Waals surface area contributed by atoms with Crippen molar-refractivity contribution < 1.29 is 9.90 Å². The summed E-state index contributed by atoms with van der Waals surface area (Å²) in [6.45, 7) is 0. The van der Waals surface area contributed by atoms with E-state index >= 15 is 0 Å². The van der Waals surface area contributed by atoms with Crippen molar-refractivity contribution in [3.63, 3.8) is 0 Å². The van der Waals surface area contributed by atoms with Crippen molar-refractivity contribution in [3.05, 3.63) is 48.5 Å². The van der Waals surface area contributed by atoms with E-state index in [9.17, 15) is 9.90 Å². The van der Waals surface area contributed by atoms with E-state index in [0.29, 0.717) is 10.8 Å². The van der Waals surface area contributed by atoms with Gasteiger partial charge in [-0.05, 0) is 53.1 Å². The molecule has 0 spiro atoms. The Morgan fingerprint density at radius 3 is 2.72 bits per heavy atom. The van der Waals surface area contributed by atoms with Crippen LogP contribution in [0.5, 0.6) is 5.75 Å². The summed E-state index contributed by atoms with van der Waals surface area (Å²) in [5.74, 6) is 0.214. The molecule has 9 heteroatoms. The van der Waals surface area contributed by atoms with E-state index in [1.165, 1.54) is 16.4 Å². The molecule has 0 fully saturated rings. The molecule has 128 valence electrons. The van der Waals surface area contributed by atoms with Crippen molar-refractivity contribution >= 4 is 35.1 Å². The lowest BCUT2D eigenvalue weighted by atomic mass is 10.3. The molecule has 1 aromatic heterocycles. The Balaban J connectivity index is 1.65. The van der Waals surface area contributed by atoms with Crippen LogP contribution in [0.1, 0.15) is 0 Å². The van der Waals surface area contributed by atoms with Gasteiger partial charge in [-0.15, -0.1) is 16.9 Å². The van der Waals surface area contributed by atoms with Gasteiger partial charge in [0.05, 0.1) is 17.1 Å². The molecule has 0 unspecified atom stereocenters. The van der Waals surface area contributed by atoms with Crippen LogP contribution in [-0.4, -0.2) is 43.2 Å². The fraction of sp³-hybridized carbons (Fsp3) is 0.125. The zero-order chi connectivity index (χ0) is 17.6. The number of para-hydroxylation sites is 1. The molecule has 0 radical (unpaired) electrons. The summed E-state index contributed by atoms with van der Waals surface area (Å²) in [6, 6.07) is 14.1. The molecule has 1 heterocycles. The van der Waals surface area contributed by atoms with Gasteiger partial charge < -0.3 is 10.4 Å². The summed E-state index contributed by atoms with van der Waals surface area (Å²) in [5, 5.41) is 24.3. The number of benzene rings is 2. The minimum atomic E-state index is -0.133. The maximum atomic E-state index is 12.2. The first-order chi connectivity index (χ1) is 12.2. The number of nitrogens with zero attached hydrogens (tertiary/aromatic N) is 4. The Morgan fingerprint density at radius 1 is 1.20 bits per heavy atom. The molecule has 0 aliphatic heterocycles. The SMILES string of the molecule is CSc1ccccc1NC(=O)CSc1nnnn1-c1ccc(O)cc1. The molecular formula is C16H15N5O2S2. The van der Waals surface area contributed by atoms with E-state index in [2.05, 4.69) is 20.8 Å². The van der Waals surface area contributed by atoms with Crippen LogP contribution in [0.2, 0.25) is 0 Å². The zero-order valence-electron chi connectivity index (χ0n) is 13.3. The number of anilines is 1. The van der Waals surface area contributed by atoms with Gasteiger partial charge in [0.1, 0.15) is 5.75 Å². The van der Waals surface area contributed by atoms with Gasteiger partial charge in [0.15, 0.2) is 0 Å². The van der Waals surface area contributed by atoms with Crippen LogP contribution in [0.4, 0.5) is 5.69 Å². The minimum Gasteiger partial charge on any atom is -0.508 e. The molecule has 7 nitrogen and oxygen atoms in total. The molecule has 3 aromatic rings. The lowest BCUT2D eigenvalue weighted by molar-refractivity contribution is -0.113. The number of carbonyl (C=O) groups excluding carboxylic acids is 1. The second-order valence-electron chi connectivity index (χ2n) is 4.93. The molecule has 0 saturated heterocycles. The predicted molar refractivity (Wildman–Crippen MR) is 98.4 cm³/mol.